The molecule has 0 atom stereocenters. The van der Waals surface area contributed by atoms with Crippen molar-refractivity contribution >= 4 is 5.97 Å². The van der Waals surface area contributed by atoms with E-state index >= 15 is 0 Å². The van der Waals surface area contributed by atoms with Gasteiger partial charge in [0, 0.05) is 0 Å². The third-order valence-electron chi connectivity index (χ3n) is 0.666. The number of hydrogen-bond donors (Lipinski definition) is 3. The maximum atomic E-state index is 9.96. The lowest BCUT2D eigenvalue weighted by atomic mass is 10.5. The van der Waals surface area contributed by atoms with Crippen LogP contribution in [-0.4, -0.2) is 29.4 Å². The van der Waals surface area contributed by atoms with Gasteiger partial charge < -0.3 is 20.7 Å². The Hall–Kier alpha value is -1.23. The zero-order chi connectivity index (χ0) is 7.98. The lowest BCUT2D eigenvalue weighted by molar-refractivity contribution is -0.132. The SMILES string of the molecule is NC(=COCCO)C(=O)O. The quantitative estimate of drug-likeness (QED) is 0.266. The molecule has 0 aliphatic rings. The van der Waals surface area contributed by atoms with Crippen molar-refractivity contribution in [2.24, 2.45) is 5.73 Å². The van der Waals surface area contributed by atoms with Gasteiger partial charge in [-0.3, -0.25) is 0 Å². The maximum Gasteiger partial charge on any atom is 0.354 e. The Bertz CT molecular complexity index is 143. The molecule has 0 aromatic heterocycles. The Balaban J connectivity index is 3.58. The zero-order valence-electron chi connectivity index (χ0n) is 5.28. The van der Waals surface area contributed by atoms with Crippen LogP contribution in [0.3, 0.4) is 0 Å². The number of hydrogen-bond acceptors (Lipinski definition) is 4. The Morgan fingerprint density at radius 1 is 1.70 bits per heavy atom. The molecule has 0 aromatic carbocycles. The van der Waals surface area contributed by atoms with E-state index < -0.39 is 5.97 Å². The molecule has 10 heavy (non-hydrogen) atoms. The third kappa shape index (κ3) is 3.73. The van der Waals surface area contributed by atoms with Crippen molar-refractivity contribution in [3.05, 3.63) is 12.0 Å². The molecule has 0 rings (SSSR count). The predicted molar refractivity (Wildman–Crippen MR) is 32.9 cm³/mol. The Kier molecular flexibility index (Phi) is 4.06. The Labute approximate surface area is 57.7 Å². The van der Waals surface area contributed by atoms with E-state index in [0.29, 0.717) is 0 Å². The number of ether oxygens (including phenoxy) is 1. The van der Waals surface area contributed by atoms with Crippen molar-refractivity contribution in [2.75, 3.05) is 13.2 Å². The summed E-state index contributed by atoms with van der Waals surface area (Å²) in [4.78, 5) is 9.96. The van der Waals surface area contributed by atoms with Gasteiger partial charge in [0.15, 0.2) is 5.70 Å². The van der Waals surface area contributed by atoms with Crippen molar-refractivity contribution in [3.63, 3.8) is 0 Å². The molecule has 0 amide bonds. The van der Waals surface area contributed by atoms with Crippen LogP contribution in [0.2, 0.25) is 0 Å². The molecule has 0 unspecified atom stereocenters. The first-order valence-electron chi connectivity index (χ1n) is 2.60. The second-order valence-electron chi connectivity index (χ2n) is 1.47. The minimum atomic E-state index is -1.24. The van der Waals surface area contributed by atoms with E-state index in [-0.39, 0.29) is 18.9 Å². The number of nitrogens with two attached hydrogens (primary N) is 1. The van der Waals surface area contributed by atoms with Crippen LogP contribution in [0.4, 0.5) is 0 Å². The van der Waals surface area contributed by atoms with Crippen LogP contribution in [0.15, 0.2) is 12.0 Å². The molecule has 0 aromatic rings. The fourth-order valence-electron chi connectivity index (χ4n) is 0.252. The van der Waals surface area contributed by atoms with E-state index in [1.807, 2.05) is 0 Å². The summed E-state index contributed by atoms with van der Waals surface area (Å²) in [5.74, 6) is -1.24. The Morgan fingerprint density at radius 2 is 2.30 bits per heavy atom. The normalized spacial score (nSPS) is 11.1. The predicted octanol–water partition coefficient (Wildman–Crippen LogP) is -1.12. The summed E-state index contributed by atoms with van der Waals surface area (Å²) in [6, 6.07) is 0. The lowest BCUT2D eigenvalue weighted by Crippen LogP contribution is -2.10. The molecule has 58 valence electrons. The van der Waals surface area contributed by atoms with Crippen molar-refractivity contribution in [1.82, 2.24) is 0 Å². The molecule has 0 heterocycles. The van der Waals surface area contributed by atoms with E-state index in [9.17, 15) is 4.79 Å². The first-order valence-corrected chi connectivity index (χ1v) is 2.60. The first-order chi connectivity index (χ1) is 4.68. The van der Waals surface area contributed by atoms with Gasteiger partial charge in [0.05, 0.1) is 6.61 Å². The van der Waals surface area contributed by atoms with Gasteiger partial charge in [0.25, 0.3) is 0 Å². The van der Waals surface area contributed by atoms with Gasteiger partial charge in [-0.05, 0) is 0 Å². The van der Waals surface area contributed by atoms with E-state index in [2.05, 4.69) is 4.74 Å². The molecule has 0 saturated carbocycles. The number of aliphatic hydroxyl groups excluding tert-OH is 1. The molecule has 0 aliphatic carbocycles. The van der Waals surface area contributed by atoms with Crippen LogP contribution in [0.25, 0.3) is 0 Å². The van der Waals surface area contributed by atoms with Gasteiger partial charge in [0.2, 0.25) is 0 Å². The third-order valence-corrected chi connectivity index (χ3v) is 0.666. The zero-order valence-corrected chi connectivity index (χ0v) is 5.28. The van der Waals surface area contributed by atoms with Crippen LogP contribution in [0.5, 0.6) is 0 Å². The summed E-state index contributed by atoms with van der Waals surface area (Å²) < 4.78 is 4.49. The van der Waals surface area contributed by atoms with Gasteiger partial charge in [-0.25, -0.2) is 4.79 Å². The second-order valence-corrected chi connectivity index (χ2v) is 1.47. The van der Waals surface area contributed by atoms with Gasteiger partial charge >= 0.3 is 5.97 Å². The smallest absolute Gasteiger partial charge is 0.354 e. The van der Waals surface area contributed by atoms with Gasteiger partial charge in [-0.2, -0.15) is 0 Å². The second kappa shape index (κ2) is 4.63. The fourth-order valence-corrected chi connectivity index (χ4v) is 0.252. The summed E-state index contributed by atoms with van der Waals surface area (Å²) in [5, 5.41) is 16.3. The molecule has 0 aliphatic heterocycles. The van der Waals surface area contributed by atoms with Crippen LogP contribution in [0.1, 0.15) is 0 Å². The Morgan fingerprint density at radius 3 is 2.70 bits per heavy atom. The van der Waals surface area contributed by atoms with Gasteiger partial charge in [-0.1, -0.05) is 0 Å². The van der Waals surface area contributed by atoms with Crippen molar-refractivity contribution in [3.8, 4) is 0 Å². The van der Waals surface area contributed by atoms with Crippen molar-refractivity contribution in [2.45, 2.75) is 0 Å². The van der Waals surface area contributed by atoms with E-state index in [4.69, 9.17) is 15.9 Å². The van der Waals surface area contributed by atoms with E-state index in [0.717, 1.165) is 6.26 Å². The van der Waals surface area contributed by atoms with E-state index in [1.165, 1.54) is 0 Å². The number of aliphatic carboxylic acids is 1. The van der Waals surface area contributed by atoms with Gasteiger partial charge in [0.1, 0.15) is 12.9 Å². The molecule has 0 bridgehead atoms. The lowest BCUT2D eigenvalue weighted by Gasteiger charge is -1.96. The molecule has 5 nitrogen and oxygen atoms in total. The summed E-state index contributed by atoms with van der Waals surface area (Å²) >= 11 is 0. The molecule has 5 heteroatoms. The molecule has 0 radical (unpaired) electrons. The van der Waals surface area contributed by atoms with Crippen molar-refractivity contribution < 1.29 is 19.7 Å². The number of carbonyl (C=O) groups is 1. The van der Waals surface area contributed by atoms with Crippen LogP contribution >= 0.6 is 0 Å². The molecular weight excluding hydrogens is 138 g/mol. The topological polar surface area (TPSA) is 92.8 Å². The number of rotatable bonds is 4. The number of aliphatic hydroxyl groups is 1. The van der Waals surface area contributed by atoms with Gasteiger partial charge in [-0.15, -0.1) is 0 Å². The maximum absolute atomic E-state index is 9.96. The molecule has 0 saturated heterocycles. The molecular formula is C5H9NO4. The highest BCUT2D eigenvalue weighted by molar-refractivity contribution is 5.84. The first kappa shape index (κ1) is 8.77. The summed E-state index contributed by atoms with van der Waals surface area (Å²) in [5.41, 5.74) is 4.53. The average molecular weight is 147 g/mol. The largest absolute Gasteiger partial charge is 0.496 e. The van der Waals surface area contributed by atoms with Crippen molar-refractivity contribution in [1.29, 1.82) is 0 Å². The van der Waals surface area contributed by atoms with E-state index in [1.54, 1.807) is 0 Å². The molecule has 0 spiro atoms. The van der Waals surface area contributed by atoms with Crippen LogP contribution < -0.4 is 5.73 Å². The minimum Gasteiger partial charge on any atom is -0.496 e. The highest BCUT2D eigenvalue weighted by Gasteiger charge is 1.98. The fraction of sp³-hybridized carbons (Fsp3) is 0.400. The highest BCUT2D eigenvalue weighted by Crippen LogP contribution is 1.84. The highest BCUT2D eigenvalue weighted by atomic mass is 16.5. The molecule has 4 N–H and O–H groups in total. The standard InChI is InChI=1S/C5H9NO4/c6-4(5(8)9)3-10-2-1-7/h3,7H,1-2,6H2,(H,8,9). The average Bonchev–Trinajstić information content (AvgIpc) is 1.88. The monoisotopic (exact) mass is 147 g/mol. The van der Waals surface area contributed by atoms with Crippen LogP contribution in [-0.2, 0) is 9.53 Å². The summed E-state index contributed by atoms with van der Waals surface area (Å²) in [6.07, 6.45) is 0.887. The molecule has 0 fully saturated rings. The number of carboxylic acids is 1. The summed E-state index contributed by atoms with van der Waals surface area (Å²) in [7, 11) is 0. The van der Waals surface area contributed by atoms with Crippen LogP contribution in [0, 0.1) is 0 Å². The summed E-state index contributed by atoms with van der Waals surface area (Å²) in [6.45, 7) is -0.114. The number of carboxylic acid groups (broad SMARTS) is 1. The minimum absolute atomic E-state index is 0.0496.